The first-order valence-electron chi connectivity index (χ1n) is 8.15. The van der Waals surface area contributed by atoms with Crippen LogP contribution in [0.15, 0.2) is 30.5 Å². The molecule has 7 heteroatoms. The summed E-state index contributed by atoms with van der Waals surface area (Å²) in [5.74, 6) is 0.138. The van der Waals surface area contributed by atoms with Gasteiger partial charge in [-0.25, -0.2) is 0 Å². The fourth-order valence-electron chi connectivity index (χ4n) is 3.20. The van der Waals surface area contributed by atoms with E-state index in [4.69, 9.17) is 0 Å². The number of carbonyl (C=O) groups excluding carboxylic acids is 1. The summed E-state index contributed by atoms with van der Waals surface area (Å²) in [6.45, 7) is 9.28. The van der Waals surface area contributed by atoms with Gasteiger partial charge in [0.1, 0.15) is 0 Å². The molecule has 1 unspecified atom stereocenters. The lowest BCUT2D eigenvalue weighted by Gasteiger charge is -2.32. The molecule has 2 aromatic heterocycles. The summed E-state index contributed by atoms with van der Waals surface area (Å²) in [4.78, 5) is 19.2. The van der Waals surface area contributed by atoms with Crippen LogP contribution in [0.3, 0.4) is 0 Å². The maximum Gasteiger partial charge on any atom is 0.255 e. The first-order valence-corrected chi connectivity index (χ1v) is 8.15. The molecule has 0 aliphatic carbocycles. The predicted octanol–water partition coefficient (Wildman–Crippen LogP) is 2.83. The second kappa shape index (κ2) is 9.22. The third-order valence-electron chi connectivity index (χ3n) is 4.51. The Morgan fingerprint density at radius 2 is 2.08 bits per heavy atom. The van der Waals surface area contributed by atoms with Gasteiger partial charge < -0.3 is 14.8 Å². The lowest BCUT2D eigenvalue weighted by atomic mass is 10.1. The third-order valence-corrected chi connectivity index (χ3v) is 4.51. The number of piperazine rings is 1. The van der Waals surface area contributed by atoms with Crippen molar-refractivity contribution in [1.82, 2.24) is 19.8 Å². The zero-order valence-corrected chi connectivity index (χ0v) is 16.5. The Labute approximate surface area is 161 Å². The van der Waals surface area contributed by atoms with Gasteiger partial charge in [0.2, 0.25) is 0 Å². The number of nitrogens with one attached hydrogen (secondary N) is 1. The van der Waals surface area contributed by atoms with Crippen molar-refractivity contribution in [1.29, 1.82) is 0 Å². The highest BCUT2D eigenvalue weighted by atomic mass is 35.5. The second-order valence-corrected chi connectivity index (χ2v) is 6.30. The Hall–Kier alpha value is -1.56. The highest BCUT2D eigenvalue weighted by Crippen LogP contribution is 2.19. The smallest absolute Gasteiger partial charge is 0.255 e. The number of aromatic nitrogens is 2. The fraction of sp³-hybridized carbons (Fsp3) is 0.444. The number of halogens is 2. The monoisotopic (exact) mass is 384 g/mol. The zero-order valence-electron chi connectivity index (χ0n) is 14.9. The summed E-state index contributed by atoms with van der Waals surface area (Å²) < 4.78 is 2.17. The van der Waals surface area contributed by atoms with Gasteiger partial charge in [-0.2, -0.15) is 0 Å². The van der Waals surface area contributed by atoms with Crippen LogP contribution in [-0.2, 0) is 6.54 Å². The topological polar surface area (TPSA) is 50.2 Å². The molecule has 0 radical (unpaired) electrons. The van der Waals surface area contributed by atoms with Gasteiger partial charge in [-0.1, -0.05) is 6.07 Å². The summed E-state index contributed by atoms with van der Waals surface area (Å²) in [6.07, 6.45) is 1.80. The zero-order chi connectivity index (χ0) is 16.4. The molecule has 0 bridgehead atoms. The molecule has 0 aromatic carbocycles. The van der Waals surface area contributed by atoms with Crippen LogP contribution in [0, 0.1) is 13.8 Å². The van der Waals surface area contributed by atoms with Crippen LogP contribution in [-0.4, -0.2) is 46.0 Å². The highest BCUT2D eigenvalue weighted by molar-refractivity contribution is 5.95. The number of pyridine rings is 1. The van der Waals surface area contributed by atoms with E-state index in [2.05, 4.69) is 21.8 Å². The van der Waals surface area contributed by atoms with Crippen molar-refractivity contribution in [2.75, 3.05) is 19.6 Å². The number of rotatable bonds is 3. The van der Waals surface area contributed by atoms with Crippen molar-refractivity contribution in [2.45, 2.75) is 33.4 Å². The van der Waals surface area contributed by atoms with Crippen LogP contribution in [0.4, 0.5) is 0 Å². The molecule has 25 heavy (non-hydrogen) atoms. The van der Waals surface area contributed by atoms with Crippen LogP contribution in [0.1, 0.15) is 34.4 Å². The van der Waals surface area contributed by atoms with Gasteiger partial charge in [0.15, 0.2) is 0 Å². The Morgan fingerprint density at radius 1 is 1.32 bits per heavy atom. The fourth-order valence-corrected chi connectivity index (χ4v) is 3.20. The minimum absolute atomic E-state index is 0. The van der Waals surface area contributed by atoms with Crippen molar-refractivity contribution < 1.29 is 4.79 Å². The molecule has 1 amide bonds. The molecule has 1 N–H and O–H groups in total. The van der Waals surface area contributed by atoms with Crippen molar-refractivity contribution in [3.8, 4) is 0 Å². The molecular formula is C18H26Cl2N4O. The predicted molar refractivity (Wildman–Crippen MR) is 105 cm³/mol. The summed E-state index contributed by atoms with van der Waals surface area (Å²) in [6, 6.07) is 8.28. The number of carbonyl (C=O) groups is 1. The maximum absolute atomic E-state index is 12.9. The molecular weight excluding hydrogens is 359 g/mol. The van der Waals surface area contributed by atoms with Gasteiger partial charge in [-0.3, -0.25) is 9.78 Å². The van der Waals surface area contributed by atoms with Crippen molar-refractivity contribution in [3.05, 3.63) is 53.1 Å². The molecule has 1 saturated heterocycles. The number of nitrogens with zero attached hydrogens (tertiary/aromatic N) is 3. The first kappa shape index (κ1) is 21.5. The van der Waals surface area contributed by atoms with Gasteiger partial charge in [-0.15, -0.1) is 24.8 Å². The molecule has 1 fully saturated rings. The van der Waals surface area contributed by atoms with E-state index in [1.165, 1.54) is 0 Å². The number of aryl methyl sites for hydroxylation is 1. The highest BCUT2D eigenvalue weighted by Gasteiger charge is 2.24. The van der Waals surface area contributed by atoms with Gasteiger partial charge in [0.05, 0.1) is 17.8 Å². The average Bonchev–Trinajstić information content (AvgIpc) is 2.83. The molecule has 1 aliphatic rings. The maximum atomic E-state index is 12.9. The van der Waals surface area contributed by atoms with E-state index in [0.717, 1.165) is 42.3 Å². The van der Waals surface area contributed by atoms with Crippen LogP contribution in [0.25, 0.3) is 0 Å². The number of amides is 1. The quantitative estimate of drug-likeness (QED) is 0.884. The van der Waals surface area contributed by atoms with Crippen molar-refractivity contribution in [2.24, 2.45) is 0 Å². The number of hydrogen-bond acceptors (Lipinski definition) is 3. The Bertz CT molecular complexity index is 703. The average molecular weight is 385 g/mol. The van der Waals surface area contributed by atoms with E-state index in [-0.39, 0.29) is 30.7 Å². The summed E-state index contributed by atoms with van der Waals surface area (Å²) in [5, 5.41) is 3.37. The minimum atomic E-state index is 0. The van der Waals surface area contributed by atoms with E-state index in [0.29, 0.717) is 12.6 Å². The largest absolute Gasteiger partial charge is 0.342 e. The third kappa shape index (κ3) is 4.75. The van der Waals surface area contributed by atoms with Gasteiger partial charge >= 0.3 is 0 Å². The van der Waals surface area contributed by atoms with Crippen LogP contribution in [0.2, 0.25) is 0 Å². The van der Waals surface area contributed by atoms with Crippen LogP contribution >= 0.6 is 24.8 Å². The molecule has 3 rings (SSSR count). The van der Waals surface area contributed by atoms with E-state index in [1.54, 1.807) is 6.20 Å². The standard InChI is InChI=1S/C18H24N4O.2ClH/c1-13-11-21(9-8-19-13)18(23)17-10-14(2)22(15(17)3)12-16-6-4-5-7-20-16;;/h4-7,10,13,19H,8-9,11-12H2,1-3H3;2*1H. The molecule has 2 aromatic rings. The van der Waals surface area contributed by atoms with E-state index < -0.39 is 0 Å². The van der Waals surface area contributed by atoms with Crippen molar-refractivity contribution in [3.63, 3.8) is 0 Å². The first-order chi connectivity index (χ1) is 11.1. The Morgan fingerprint density at radius 3 is 2.72 bits per heavy atom. The molecule has 1 aliphatic heterocycles. The molecule has 0 saturated carbocycles. The minimum Gasteiger partial charge on any atom is -0.342 e. The normalized spacial score (nSPS) is 16.8. The van der Waals surface area contributed by atoms with Gasteiger partial charge in [0, 0.05) is 43.3 Å². The summed E-state index contributed by atoms with van der Waals surface area (Å²) in [5.41, 5.74) is 3.93. The lowest BCUT2D eigenvalue weighted by Crippen LogP contribution is -2.51. The molecule has 1 atom stereocenters. The van der Waals surface area contributed by atoms with Gasteiger partial charge in [-0.05, 0) is 39.0 Å². The van der Waals surface area contributed by atoms with E-state index in [1.807, 2.05) is 43.0 Å². The second-order valence-electron chi connectivity index (χ2n) is 6.30. The SMILES string of the molecule is Cc1cc(C(=O)N2CCNC(C)C2)c(C)n1Cc1ccccn1.Cl.Cl. The molecule has 3 heterocycles. The summed E-state index contributed by atoms with van der Waals surface area (Å²) >= 11 is 0. The van der Waals surface area contributed by atoms with Crippen molar-refractivity contribution >= 4 is 30.7 Å². The van der Waals surface area contributed by atoms with Crippen LogP contribution < -0.4 is 5.32 Å². The Balaban J connectivity index is 0.00000156. The van der Waals surface area contributed by atoms with Gasteiger partial charge in [0.25, 0.3) is 5.91 Å². The molecule has 138 valence electrons. The Kier molecular flexibility index (Phi) is 7.93. The molecule has 0 spiro atoms. The molecule has 5 nitrogen and oxygen atoms in total. The lowest BCUT2D eigenvalue weighted by molar-refractivity contribution is 0.0708. The van der Waals surface area contributed by atoms with Crippen LogP contribution in [0.5, 0.6) is 0 Å². The van der Waals surface area contributed by atoms with E-state index >= 15 is 0 Å². The number of hydrogen-bond donors (Lipinski definition) is 1. The summed E-state index contributed by atoms with van der Waals surface area (Å²) in [7, 11) is 0. The van der Waals surface area contributed by atoms with E-state index in [9.17, 15) is 4.79 Å².